The SMILES string of the molecule is [N-]=[N+]=Nc1ccc(-n2sc3ccccc3c2=O)cc1. The van der Waals surface area contributed by atoms with Crippen LogP contribution < -0.4 is 5.56 Å². The van der Waals surface area contributed by atoms with Gasteiger partial charge in [0.2, 0.25) is 0 Å². The standard InChI is InChI=1S/C13H8N4OS/c14-16-15-9-5-7-10(8-6-9)17-13(18)11-3-1-2-4-12(11)19-17/h1-8H. The number of hydrogen-bond acceptors (Lipinski definition) is 3. The van der Waals surface area contributed by atoms with Gasteiger partial charge in [-0.3, -0.25) is 4.79 Å². The van der Waals surface area contributed by atoms with Crippen LogP contribution in [-0.2, 0) is 0 Å². The molecule has 19 heavy (non-hydrogen) atoms. The van der Waals surface area contributed by atoms with Crippen molar-refractivity contribution >= 4 is 27.3 Å². The van der Waals surface area contributed by atoms with Crippen LogP contribution in [0.3, 0.4) is 0 Å². The van der Waals surface area contributed by atoms with Crippen LogP contribution >= 0.6 is 11.5 Å². The Morgan fingerprint density at radius 3 is 2.53 bits per heavy atom. The van der Waals surface area contributed by atoms with Crippen LogP contribution in [0.4, 0.5) is 5.69 Å². The minimum atomic E-state index is -0.0304. The summed E-state index contributed by atoms with van der Waals surface area (Å²) < 4.78 is 2.58. The molecule has 3 aromatic rings. The maximum absolute atomic E-state index is 12.2. The van der Waals surface area contributed by atoms with Gasteiger partial charge in [0.15, 0.2) is 0 Å². The van der Waals surface area contributed by atoms with E-state index in [4.69, 9.17) is 5.53 Å². The molecule has 5 nitrogen and oxygen atoms in total. The van der Waals surface area contributed by atoms with Crippen molar-refractivity contribution in [2.75, 3.05) is 0 Å². The van der Waals surface area contributed by atoms with Gasteiger partial charge in [-0.2, -0.15) is 0 Å². The first-order chi connectivity index (χ1) is 9.29. The van der Waals surface area contributed by atoms with Crippen LogP contribution in [0.5, 0.6) is 0 Å². The van der Waals surface area contributed by atoms with E-state index in [0.29, 0.717) is 11.1 Å². The van der Waals surface area contributed by atoms with Crippen molar-refractivity contribution in [3.63, 3.8) is 0 Å². The number of azide groups is 1. The number of rotatable bonds is 2. The molecular formula is C13H8N4OS. The summed E-state index contributed by atoms with van der Waals surface area (Å²) in [4.78, 5) is 15.0. The summed E-state index contributed by atoms with van der Waals surface area (Å²) in [5.41, 5.74) is 9.62. The molecule has 0 radical (unpaired) electrons. The van der Waals surface area contributed by atoms with Crippen LogP contribution in [0.15, 0.2) is 58.4 Å². The van der Waals surface area contributed by atoms with Crippen LogP contribution in [-0.4, -0.2) is 3.96 Å². The van der Waals surface area contributed by atoms with Gasteiger partial charge in [0, 0.05) is 10.6 Å². The zero-order chi connectivity index (χ0) is 13.2. The quantitative estimate of drug-likeness (QED) is 0.393. The van der Waals surface area contributed by atoms with Gasteiger partial charge in [-0.25, -0.2) is 3.96 Å². The van der Waals surface area contributed by atoms with E-state index in [1.807, 2.05) is 24.3 Å². The fraction of sp³-hybridized carbons (Fsp3) is 0. The maximum Gasteiger partial charge on any atom is 0.273 e. The number of nitrogens with zero attached hydrogens (tertiary/aromatic N) is 4. The third-order valence-electron chi connectivity index (χ3n) is 2.74. The summed E-state index contributed by atoms with van der Waals surface area (Å²) in [5.74, 6) is 0. The maximum atomic E-state index is 12.2. The van der Waals surface area contributed by atoms with E-state index in [0.717, 1.165) is 10.4 Å². The summed E-state index contributed by atoms with van der Waals surface area (Å²) in [7, 11) is 0. The van der Waals surface area contributed by atoms with Gasteiger partial charge in [0.25, 0.3) is 5.56 Å². The summed E-state index contributed by atoms with van der Waals surface area (Å²) in [5, 5.41) is 4.22. The van der Waals surface area contributed by atoms with E-state index in [9.17, 15) is 4.79 Å². The Labute approximate surface area is 112 Å². The van der Waals surface area contributed by atoms with Crippen LogP contribution in [0.1, 0.15) is 0 Å². The van der Waals surface area contributed by atoms with Crippen molar-refractivity contribution < 1.29 is 0 Å². The highest BCUT2D eigenvalue weighted by Crippen LogP contribution is 2.21. The topological polar surface area (TPSA) is 70.8 Å². The Balaban J connectivity index is 2.16. The highest BCUT2D eigenvalue weighted by atomic mass is 32.1. The lowest BCUT2D eigenvalue weighted by atomic mass is 10.2. The monoisotopic (exact) mass is 268 g/mol. The summed E-state index contributed by atoms with van der Waals surface area (Å²) >= 11 is 1.40. The van der Waals surface area contributed by atoms with E-state index in [-0.39, 0.29) is 5.56 Å². The third kappa shape index (κ3) is 1.99. The van der Waals surface area contributed by atoms with Crippen LogP contribution in [0.2, 0.25) is 0 Å². The van der Waals surface area contributed by atoms with Gasteiger partial charge in [0.05, 0.1) is 15.8 Å². The second-order valence-electron chi connectivity index (χ2n) is 3.89. The molecule has 0 fully saturated rings. The Hall–Kier alpha value is -2.56. The average molecular weight is 268 g/mol. The summed E-state index contributed by atoms with van der Waals surface area (Å²) in [6.45, 7) is 0. The summed E-state index contributed by atoms with van der Waals surface area (Å²) in [6, 6.07) is 14.4. The molecule has 0 aliphatic rings. The van der Waals surface area contributed by atoms with E-state index in [1.54, 1.807) is 28.2 Å². The molecule has 0 N–H and O–H groups in total. The lowest BCUT2D eigenvalue weighted by Crippen LogP contribution is -2.10. The molecule has 92 valence electrons. The van der Waals surface area contributed by atoms with E-state index in [2.05, 4.69) is 10.0 Å². The second kappa shape index (κ2) is 4.61. The zero-order valence-corrected chi connectivity index (χ0v) is 10.5. The fourth-order valence-electron chi connectivity index (χ4n) is 1.85. The number of benzene rings is 2. The van der Waals surface area contributed by atoms with Crippen molar-refractivity contribution in [3.05, 3.63) is 69.3 Å². The predicted octanol–water partition coefficient (Wildman–Crippen LogP) is 3.99. The van der Waals surface area contributed by atoms with Crippen molar-refractivity contribution in [2.45, 2.75) is 0 Å². The molecule has 6 heteroatoms. The first-order valence-corrected chi connectivity index (χ1v) is 6.33. The number of aromatic nitrogens is 1. The van der Waals surface area contributed by atoms with Crippen molar-refractivity contribution in [1.82, 2.24) is 3.96 Å². The molecule has 0 amide bonds. The second-order valence-corrected chi connectivity index (χ2v) is 4.88. The van der Waals surface area contributed by atoms with Crippen molar-refractivity contribution in [1.29, 1.82) is 0 Å². The van der Waals surface area contributed by atoms with Gasteiger partial charge >= 0.3 is 0 Å². The molecule has 2 aromatic carbocycles. The fourth-order valence-corrected chi connectivity index (χ4v) is 2.85. The van der Waals surface area contributed by atoms with Gasteiger partial charge in [0.1, 0.15) is 0 Å². The summed E-state index contributed by atoms with van der Waals surface area (Å²) in [6.07, 6.45) is 0. The van der Waals surface area contributed by atoms with Gasteiger partial charge < -0.3 is 0 Å². The first-order valence-electron chi connectivity index (χ1n) is 5.56. The number of fused-ring (bicyclic) bond motifs is 1. The molecule has 0 saturated heterocycles. The zero-order valence-electron chi connectivity index (χ0n) is 9.72. The molecule has 0 bridgehead atoms. The Morgan fingerprint density at radius 1 is 1.11 bits per heavy atom. The van der Waals surface area contributed by atoms with Gasteiger partial charge in [-0.15, -0.1) is 0 Å². The molecule has 0 spiro atoms. The van der Waals surface area contributed by atoms with E-state index in [1.165, 1.54) is 11.5 Å². The Kier molecular flexibility index (Phi) is 2.79. The first kappa shape index (κ1) is 11.5. The molecule has 0 unspecified atom stereocenters. The largest absolute Gasteiger partial charge is 0.273 e. The minimum Gasteiger partial charge on any atom is -0.267 e. The van der Waals surface area contributed by atoms with Crippen LogP contribution in [0.25, 0.3) is 26.2 Å². The molecule has 0 aliphatic carbocycles. The lowest BCUT2D eigenvalue weighted by molar-refractivity contribution is 1.14. The van der Waals surface area contributed by atoms with Gasteiger partial charge in [-0.05, 0) is 29.8 Å². The number of hydrogen-bond donors (Lipinski definition) is 0. The van der Waals surface area contributed by atoms with Crippen molar-refractivity contribution in [2.24, 2.45) is 5.11 Å². The van der Waals surface area contributed by atoms with Crippen molar-refractivity contribution in [3.8, 4) is 5.69 Å². The minimum absolute atomic E-state index is 0.0304. The molecule has 0 aliphatic heterocycles. The molecule has 3 rings (SSSR count). The normalized spacial score (nSPS) is 10.3. The third-order valence-corrected chi connectivity index (χ3v) is 3.85. The van der Waals surface area contributed by atoms with Crippen LogP contribution in [0, 0.1) is 0 Å². The predicted molar refractivity (Wildman–Crippen MR) is 76.2 cm³/mol. The van der Waals surface area contributed by atoms with Gasteiger partial charge in [-0.1, -0.05) is 40.9 Å². The molecule has 0 saturated carbocycles. The average Bonchev–Trinajstić information content (AvgIpc) is 2.78. The smallest absolute Gasteiger partial charge is 0.267 e. The Bertz CT molecular complexity index is 841. The lowest BCUT2D eigenvalue weighted by Gasteiger charge is -1.99. The Morgan fingerprint density at radius 2 is 1.84 bits per heavy atom. The molecular weight excluding hydrogens is 260 g/mol. The van der Waals surface area contributed by atoms with E-state index >= 15 is 0 Å². The molecule has 1 aromatic heterocycles. The molecule has 0 atom stereocenters. The highest BCUT2D eigenvalue weighted by Gasteiger charge is 2.07. The molecule has 1 heterocycles. The van der Waals surface area contributed by atoms with E-state index < -0.39 is 0 Å². The highest BCUT2D eigenvalue weighted by molar-refractivity contribution is 7.14.